The third kappa shape index (κ3) is 2.83. The average molecular weight is 270 g/mol. The number of benzene rings is 1. The molecule has 1 aromatic rings. The summed E-state index contributed by atoms with van der Waals surface area (Å²) < 4.78 is 28.5. The lowest BCUT2D eigenvalue weighted by molar-refractivity contribution is 0.208. The van der Waals surface area contributed by atoms with E-state index in [0.717, 1.165) is 5.56 Å². The predicted molar refractivity (Wildman–Crippen MR) is 69.7 cm³/mol. The van der Waals surface area contributed by atoms with Gasteiger partial charge < -0.3 is 13.8 Å². The normalized spacial score (nSPS) is 23.1. The molecular weight excluding hydrogens is 251 g/mol. The van der Waals surface area contributed by atoms with Gasteiger partial charge in [-0.3, -0.25) is 4.57 Å². The molecule has 0 radical (unpaired) electrons. The van der Waals surface area contributed by atoms with Crippen molar-refractivity contribution in [3.63, 3.8) is 0 Å². The SMILES string of the molecule is CCOP(=O)(OCC)[C@H]1O[C@@H]1c1ccc(C)cc1. The maximum atomic E-state index is 12.5. The zero-order valence-corrected chi connectivity index (χ0v) is 11.9. The fourth-order valence-corrected chi connectivity index (χ4v) is 3.76. The summed E-state index contributed by atoms with van der Waals surface area (Å²) in [5, 5.41) is 0. The Morgan fingerprint density at radius 3 is 2.22 bits per heavy atom. The summed E-state index contributed by atoms with van der Waals surface area (Å²) in [5.41, 5.74) is 2.21. The van der Waals surface area contributed by atoms with Gasteiger partial charge in [0, 0.05) is 0 Å². The van der Waals surface area contributed by atoms with Gasteiger partial charge in [-0.25, -0.2) is 0 Å². The molecule has 0 N–H and O–H groups in total. The highest BCUT2D eigenvalue weighted by Gasteiger charge is 2.55. The summed E-state index contributed by atoms with van der Waals surface area (Å²) in [7, 11) is -3.14. The van der Waals surface area contributed by atoms with E-state index in [1.807, 2.05) is 31.2 Å². The first-order valence-corrected chi connectivity index (χ1v) is 7.82. The number of hydrogen-bond acceptors (Lipinski definition) is 4. The minimum absolute atomic E-state index is 0.172. The van der Waals surface area contributed by atoms with Gasteiger partial charge in [-0.1, -0.05) is 29.8 Å². The van der Waals surface area contributed by atoms with Gasteiger partial charge in [0.05, 0.1) is 13.2 Å². The molecule has 0 aliphatic carbocycles. The van der Waals surface area contributed by atoms with Crippen molar-refractivity contribution in [2.24, 2.45) is 0 Å². The smallest absolute Gasteiger partial charge is 0.351 e. The molecule has 2 atom stereocenters. The third-order valence-corrected chi connectivity index (χ3v) is 5.06. The highest BCUT2D eigenvalue weighted by Crippen LogP contribution is 2.66. The van der Waals surface area contributed by atoms with Gasteiger partial charge in [-0.05, 0) is 26.3 Å². The lowest BCUT2D eigenvalue weighted by atomic mass is 10.1. The molecule has 1 heterocycles. The van der Waals surface area contributed by atoms with Crippen molar-refractivity contribution < 1.29 is 18.3 Å². The van der Waals surface area contributed by atoms with Crippen LogP contribution in [0.15, 0.2) is 24.3 Å². The van der Waals surface area contributed by atoms with Crippen molar-refractivity contribution in [3.8, 4) is 0 Å². The van der Waals surface area contributed by atoms with Crippen LogP contribution in [0.3, 0.4) is 0 Å². The first-order chi connectivity index (χ1) is 8.60. The third-order valence-electron chi connectivity index (χ3n) is 2.80. The highest BCUT2D eigenvalue weighted by molar-refractivity contribution is 7.54. The number of ether oxygens (including phenoxy) is 1. The second kappa shape index (κ2) is 5.54. The highest BCUT2D eigenvalue weighted by atomic mass is 31.2. The van der Waals surface area contributed by atoms with Crippen molar-refractivity contribution in [2.45, 2.75) is 32.7 Å². The zero-order chi connectivity index (χ0) is 13.2. The van der Waals surface area contributed by atoms with Gasteiger partial charge in [0.25, 0.3) is 0 Å². The predicted octanol–water partition coefficient (Wildman–Crippen LogP) is 3.66. The van der Waals surface area contributed by atoms with Gasteiger partial charge >= 0.3 is 7.60 Å². The van der Waals surface area contributed by atoms with E-state index in [1.54, 1.807) is 13.8 Å². The van der Waals surface area contributed by atoms with Gasteiger partial charge in [-0.2, -0.15) is 0 Å². The molecule has 0 amide bonds. The summed E-state index contributed by atoms with van der Waals surface area (Å²) >= 11 is 0. The monoisotopic (exact) mass is 270 g/mol. The number of rotatable bonds is 6. The van der Waals surface area contributed by atoms with E-state index in [0.29, 0.717) is 13.2 Å². The van der Waals surface area contributed by atoms with Crippen LogP contribution in [0.25, 0.3) is 0 Å². The Kier molecular flexibility index (Phi) is 4.23. The van der Waals surface area contributed by atoms with Crippen LogP contribution in [0.1, 0.15) is 31.1 Å². The van der Waals surface area contributed by atoms with E-state index in [1.165, 1.54) is 5.56 Å². The molecule has 1 aliphatic rings. The molecule has 5 heteroatoms. The van der Waals surface area contributed by atoms with Crippen LogP contribution < -0.4 is 0 Å². The molecular formula is C13H19O4P. The fourth-order valence-electron chi connectivity index (χ4n) is 1.89. The van der Waals surface area contributed by atoms with Crippen LogP contribution in [0, 0.1) is 6.92 Å². The van der Waals surface area contributed by atoms with Crippen molar-refractivity contribution in [1.82, 2.24) is 0 Å². The molecule has 0 saturated carbocycles. The molecule has 4 nitrogen and oxygen atoms in total. The van der Waals surface area contributed by atoms with Crippen LogP contribution in [0.4, 0.5) is 0 Å². The number of epoxide rings is 1. The van der Waals surface area contributed by atoms with Crippen LogP contribution in [-0.4, -0.2) is 19.1 Å². The average Bonchev–Trinajstić information content (AvgIpc) is 3.11. The quantitative estimate of drug-likeness (QED) is 0.584. The summed E-state index contributed by atoms with van der Waals surface area (Å²) in [4.78, 5) is 0. The maximum Gasteiger partial charge on any atom is 0.362 e. The Hall–Kier alpha value is -0.670. The van der Waals surface area contributed by atoms with Crippen LogP contribution in [-0.2, 0) is 18.3 Å². The standard InChI is InChI=1S/C13H19O4P/c1-4-15-18(14,16-5-2)13-12(17-13)11-8-6-10(3)7-9-11/h6-9,12-13H,4-5H2,1-3H3/t12-,13-/m1/s1. The van der Waals surface area contributed by atoms with E-state index in [-0.39, 0.29) is 6.10 Å². The number of aryl methyl sites for hydroxylation is 1. The molecule has 100 valence electrons. The topological polar surface area (TPSA) is 48.1 Å². The zero-order valence-electron chi connectivity index (χ0n) is 11.0. The van der Waals surface area contributed by atoms with E-state index in [2.05, 4.69) is 0 Å². The molecule has 2 rings (SSSR count). The maximum absolute atomic E-state index is 12.5. The van der Waals surface area contributed by atoms with Gasteiger partial charge in [0.1, 0.15) is 6.10 Å². The summed E-state index contributed by atoms with van der Waals surface area (Å²) in [6.07, 6.45) is -0.172. The van der Waals surface area contributed by atoms with Crippen LogP contribution >= 0.6 is 7.60 Å². The molecule has 1 saturated heterocycles. The summed E-state index contributed by atoms with van der Waals surface area (Å²) in [6, 6.07) is 8.01. The van der Waals surface area contributed by atoms with E-state index < -0.39 is 13.4 Å². The summed E-state index contributed by atoms with van der Waals surface area (Å²) in [5.74, 6) is -0.458. The van der Waals surface area contributed by atoms with Crippen LogP contribution in [0.2, 0.25) is 0 Å². The molecule has 0 bridgehead atoms. The Morgan fingerprint density at radius 1 is 1.17 bits per heavy atom. The van der Waals surface area contributed by atoms with Crippen molar-refractivity contribution >= 4 is 7.60 Å². The van der Waals surface area contributed by atoms with Crippen LogP contribution in [0.5, 0.6) is 0 Å². The Labute approximate surface area is 108 Å². The molecule has 1 aromatic carbocycles. The second-order valence-electron chi connectivity index (χ2n) is 4.23. The molecule has 0 aromatic heterocycles. The van der Waals surface area contributed by atoms with Gasteiger partial charge in [-0.15, -0.1) is 0 Å². The van der Waals surface area contributed by atoms with Crippen molar-refractivity contribution in [2.75, 3.05) is 13.2 Å². The largest absolute Gasteiger partial charge is 0.362 e. The minimum atomic E-state index is -3.14. The molecule has 1 aliphatic heterocycles. The first kappa shape index (κ1) is 13.8. The second-order valence-corrected chi connectivity index (χ2v) is 6.34. The Morgan fingerprint density at radius 2 is 1.72 bits per heavy atom. The van der Waals surface area contributed by atoms with Crippen molar-refractivity contribution in [1.29, 1.82) is 0 Å². The molecule has 0 unspecified atom stereocenters. The van der Waals surface area contributed by atoms with Gasteiger partial charge in [0.15, 0.2) is 5.85 Å². The lowest BCUT2D eigenvalue weighted by Crippen LogP contribution is -2.02. The van der Waals surface area contributed by atoms with E-state index in [4.69, 9.17) is 13.8 Å². The molecule has 0 spiro atoms. The van der Waals surface area contributed by atoms with E-state index in [9.17, 15) is 4.57 Å². The van der Waals surface area contributed by atoms with E-state index >= 15 is 0 Å². The fraction of sp³-hybridized carbons (Fsp3) is 0.538. The minimum Gasteiger partial charge on any atom is -0.351 e. The van der Waals surface area contributed by atoms with Gasteiger partial charge in [0.2, 0.25) is 0 Å². The number of hydrogen-bond donors (Lipinski definition) is 0. The Balaban J connectivity index is 2.08. The lowest BCUT2D eigenvalue weighted by Gasteiger charge is -2.14. The Bertz CT molecular complexity index is 433. The summed E-state index contributed by atoms with van der Waals surface area (Å²) in [6.45, 7) is 6.35. The first-order valence-electron chi connectivity index (χ1n) is 6.21. The van der Waals surface area contributed by atoms with Crippen molar-refractivity contribution in [3.05, 3.63) is 35.4 Å². The molecule has 18 heavy (non-hydrogen) atoms. The molecule has 1 fully saturated rings.